The lowest BCUT2D eigenvalue weighted by Gasteiger charge is -2.32. The molecule has 2 heterocycles. The minimum atomic E-state index is 0.0199. The monoisotopic (exact) mass is 354 g/mol. The number of hydrogen-bond donors (Lipinski definition) is 2. The maximum Gasteiger partial charge on any atom is 0.257 e. The quantitative estimate of drug-likeness (QED) is 0.835. The highest BCUT2D eigenvalue weighted by molar-refractivity contribution is 5.99. The van der Waals surface area contributed by atoms with Gasteiger partial charge in [-0.1, -0.05) is 0 Å². The van der Waals surface area contributed by atoms with Gasteiger partial charge in [-0.15, -0.1) is 0 Å². The molecule has 1 fully saturated rings. The molecule has 0 saturated carbocycles. The van der Waals surface area contributed by atoms with E-state index in [0.717, 1.165) is 37.4 Å². The minimum absolute atomic E-state index is 0.0199. The highest BCUT2D eigenvalue weighted by Gasteiger charge is 2.25. The second-order valence-corrected chi connectivity index (χ2v) is 6.36. The van der Waals surface area contributed by atoms with E-state index >= 15 is 0 Å². The summed E-state index contributed by atoms with van der Waals surface area (Å²) in [6, 6.07) is 11.6. The normalized spacial score (nSPS) is 17.0. The molecule has 1 aromatic carbocycles. The predicted molar refractivity (Wildman–Crippen MR) is 103 cm³/mol. The van der Waals surface area contributed by atoms with Gasteiger partial charge in [0.15, 0.2) is 0 Å². The van der Waals surface area contributed by atoms with Crippen LogP contribution in [0.2, 0.25) is 0 Å². The average Bonchev–Trinajstić information content (AvgIpc) is 2.69. The summed E-state index contributed by atoms with van der Waals surface area (Å²) >= 11 is 0. The Morgan fingerprint density at radius 3 is 2.85 bits per heavy atom. The van der Waals surface area contributed by atoms with Crippen LogP contribution >= 0.6 is 0 Å². The molecule has 2 aromatic rings. The first-order chi connectivity index (χ1) is 12.7. The number of ether oxygens (including phenoxy) is 1. The Morgan fingerprint density at radius 1 is 1.31 bits per heavy atom. The number of likely N-dealkylation sites (N-methyl/N-ethyl adjacent to an activating group) is 1. The molecule has 1 saturated heterocycles. The van der Waals surface area contributed by atoms with Crippen molar-refractivity contribution in [2.24, 2.45) is 0 Å². The van der Waals surface area contributed by atoms with Gasteiger partial charge in [0.05, 0.1) is 12.2 Å². The molecule has 1 amide bonds. The molecule has 1 aliphatic rings. The number of piperidine rings is 1. The molecule has 0 spiro atoms. The van der Waals surface area contributed by atoms with E-state index in [-0.39, 0.29) is 5.91 Å². The molecule has 138 valence electrons. The number of carbonyl (C=O) groups excluding carboxylic acids is 1. The van der Waals surface area contributed by atoms with Crippen LogP contribution in [-0.4, -0.2) is 48.6 Å². The van der Waals surface area contributed by atoms with Crippen molar-refractivity contribution in [1.82, 2.24) is 15.2 Å². The minimum Gasteiger partial charge on any atom is -0.494 e. The zero-order valence-corrected chi connectivity index (χ0v) is 15.4. The number of anilines is 2. The first kappa shape index (κ1) is 18.2. The SMILES string of the molecule is CCOc1ccc(Nc2ncccc2C(=O)N2CCCC(NC)C2)cc1. The van der Waals surface area contributed by atoms with E-state index in [1.165, 1.54) is 0 Å². The number of aromatic nitrogens is 1. The molecule has 1 aliphatic heterocycles. The Morgan fingerprint density at radius 2 is 2.12 bits per heavy atom. The number of carbonyl (C=O) groups is 1. The Balaban J connectivity index is 1.76. The van der Waals surface area contributed by atoms with Crippen LogP contribution in [0, 0.1) is 0 Å². The fourth-order valence-electron chi connectivity index (χ4n) is 3.18. The average molecular weight is 354 g/mol. The standard InChI is InChI=1S/C20H26N4O2/c1-3-26-17-10-8-15(9-11-17)23-19-18(7-4-12-22-19)20(25)24-13-5-6-16(14-24)21-2/h4,7-12,16,21H,3,5-6,13-14H2,1-2H3,(H,22,23). The Kier molecular flexibility index (Phi) is 6.07. The van der Waals surface area contributed by atoms with Gasteiger partial charge in [0, 0.05) is 31.0 Å². The van der Waals surface area contributed by atoms with E-state index in [2.05, 4.69) is 15.6 Å². The summed E-state index contributed by atoms with van der Waals surface area (Å²) in [7, 11) is 1.95. The number of rotatable bonds is 6. The van der Waals surface area contributed by atoms with Crippen molar-refractivity contribution in [2.45, 2.75) is 25.8 Å². The molecule has 1 aromatic heterocycles. The fourth-order valence-corrected chi connectivity index (χ4v) is 3.18. The van der Waals surface area contributed by atoms with Gasteiger partial charge < -0.3 is 20.3 Å². The predicted octanol–water partition coefficient (Wildman–Crippen LogP) is 3.05. The molecule has 0 radical (unpaired) electrons. The zero-order chi connectivity index (χ0) is 18.4. The van der Waals surface area contributed by atoms with Gasteiger partial charge in [0.1, 0.15) is 11.6 Å². The van der Waals surface area contributed by atoms with Crippen LogP contribution in [0.15, 0.2) is 42.6 Å². The van der Waals surface area contributed by atoms with Crippen molar-refractivity contribution in [1.29, 1.82) is 0 Å². The summed E-state index contributed by atoms with van der Waals surface area (Å²) in [6.45, 7) is 4.10. The summed E-state index contributed by atoms with van der Waals surface area (Å²) in [5, 5.41) is 6.53. The number of nitrogens with zero attached hydrogens (tertiary/aromatic N) is 2. The van der Waals surface area contributed by atoms with Crippen LogP contribution < -0.4 is 15.4 Å². The van der Waals surface area contributed by atoms with E-state index in [0.29, 0.717) is 24.0 Å². The highest BCUT2D eigenvalue weighted by atomic mass is 16.5. The maximum atomic E-state index is 13.0. The zero-order valence-electron chi connectivity index (χ0n) is 15.4. The molecule has 2 N–H and O–H groups in total. The Bertz CT molecular complexity index is 733. The van der Waals surface area contributed by atoms with Crippen LogP contribution in [0.25, 0.3) is 0 Å². The van der Waals surface area contributed by atoms with Gasteiger partial charge in [-0.2, -0.15) is 0 Å². The lowest BCUT2D eigenvalue weighted by molar-refractivity contribution is 0.0699. The third kappa shape index (κ3) is 4.32. The molecule has 3 rings (SSSR count). The number of amides is 1. The summed E-state index contributed by atoms with van der Waals surface area (Å²) in [5.41, 5.74) is 1.46. The number of nitrogens with one attached hydrogen (secondary N) is 2. The molecule has 6 heteroatoms. The van der Waals surface area contributed by atoms with E-state index in [1.54, 1.807) is 12.3 Å². The smallest absolute Gasteiger partial charge is 0.257 e. The van der Waals surface area contributed by atoms with Crippen LogP contribution in [0.1, 0.15) is 30.1 Å². The molecular weight excluding hydrogens is 328 g/mol. The van der Waals surface area contributed by atoms with E-state index in [4.69, 9.17) is 4.74 Å². The number of likely N-dealkylation sites (tertiary alicyclic amines) is 1. The van der Waals surface area contributed by atoms with Crippen molar-refractivity contribution >= 4 is 17.4 Å². The summed E-state index contributed by atoms with van der Waals surface area (Å²) in [4.78, 5) is 19.3. The highest BCUT2D eigenvalue weighted by Crippen LogP contribution is 2.23. The third-order valence-electron chi connectivity index (χ3n) is 4.58. The summed E-state index contributed by atoms with van der Waals surface area (Å²) < 4.78 is 5.46. The van der Waals surface area contributed by atoms with Crippen molar-refractivity contribution in [3.8, 4) is 5.75 Å². The van der Waals surface area contributed by atoms with Gasteiger partial charge in [-0.25, -0.2) is 4.98 Å². The molecule has 6 nitrogen and oxygen atoms in total. The lowest BCUT2D eigenvalue weighted by Crippen LogP contribution is -2.47. The van der Waals surface area contributed by atoms with Gasteiger partial charge in [-0.05, 0) is 63.2 Å². The van der Waals surface area contributed by atoms with E-state index in [1.807, 2.05) is 49.2 Å². The third-order valence-corrected chi connectivity index (χ3v) is 4.58. The van der Waals surface area contributed by atoms with Gasteiger partial charge in [0.25, 0.3) is 5.91 Å². The fraction of sp³-hybridized carbons (Fsp3) is 0.400. The first-order valence-electron chi connectivity index (χ1n) is 9.12. The van der Waals surface area contributed by atoms with Gasteiger partial charge in [-0.3, -0.25) is 4.79 Å². The largest absolute Gasteiger partial charge is 0.494 e. The van der Waals surface area contributed by atoms with Gasteiger partial charge in [0.2, 0.25) is 0 Å². The van der Waals surface area contributed by atoms with Crippen molar-refractivity contribution < 1.29 is 9.53 Å². The Labute approximate surface area is 154 Å². The second-order valence-electron chi connectivity index (χ2n) is 6.36. The van der Waals surface area contributed by atoms with Crippen LogP contribution in [0.4, 0.5) is 11.5 Å². The van der Waals surface area contributed by atoms with Crippen molar-refractivity contribution in [2.75, 3.05) is 32.1 Å². The summed E-state index contributed by atoms with van der Waals surface area (Å²) in [6.07, 6.45) is 3.81. The lowest BCUT2D eigenvalue weighted by atomic mass is 10.0. The first-order valence-corrected chi connectivity index (χ1v) is 9.12. The van der Waals surface area contributed by atoms with Crippen molar-refractivity contribution in [3.63, 3.8) is 0 Å². The maximum absolute atomic E-state index is 13.0. The van der Waals surface area contributed by atoms with E-state index < -0.39 is 0 Å². The van der Waals surface area contributed by atoms with Crippen LogP contribution in [0.5, 0.6) is 5.75 Å². The molecule has 0 bridgehead atoms. The molecular formula is C20H26N4O2. The Hall–Kier alpha value is -2.60. The number of benzene rings is 1. The molecule has 0 aliphatic carbocycles. The summed E-state index contributed by atoms with van der Waals surface area (Å²) in [5.74, 6) is 1.42. The van der Waals surface area contributed by atoms with Crippen LogP contribution in [0.3, 0.4) is 0 Å². The van der Waals surface area contributed by atoms with Crippen molar-refractivity contribution in [3.05, 3.63) is 48.2 Å². The van der Waals surface area contributed by atoms with Crippen LogP contribution in [-0.2, 0) is 0 Å². The van der Waals surface area contributed by atoms with Gasteiger partial charge >= 0.3 is 0 Å². The molecule has 1 atom stereocenters. The molecule has 1 unspecified atom stereocenters. The van der Waals surface area contributed by atoms with E-state index in [9.17, 15) is 4.79 Å². The number of hydrogen-bond acceptors (Lipinski definition) is 5. The number of pyridine rings is 1. The second kappa shape index (κ2) is 8.67. The molecule has 26 heavy (non-hydrogen) atoms. The topological polar surface area (TPSA) is 66.5 Å².